The summed E-state index contributed by atoms with van der Waals surface area (Å²) in [6.45, 7) is 0. The second-order valence-corrected chi connectivity index (χ2v) is 5.99. The van der Waals surface area contributed by atoms with Crippen molar-refractivity contribution >= 4 is 29.1 Å². The zero-order chi connectivity index (χ0) is 15.0. The number of carbonyl (C=O) groups is 1. The third-order valence-corrected chi connectivity index (χ3v) is 4.42. The molecular formula is C16H12Cl2FNO. The molecule has 0 aliphatic heterocycles. The van der Waals surface area contributed by atoms with Crippen LogP contribution in [0.25, 0.3) is 0 Å². The van der Waals surface area contributed by atoms with Gasteiger partial charge in [0.1, 0.15) is 5.82 Å². The third-order valence-electron chi connectivity index (χ3n) is 3.68. The van der Waals surface area contributed by atoms with E-state index in [0.717, 1.165) is 18.4 Å². The van der Waals surface area contributed by atoms with Gasteiger partial charge >= 0.3 is 0 Å². The van der Waals surface area contributed by atoms with E-state index in [9.17, 15) is 9.18 Å². The molecule has 1 amide bonds. The van der Waals surface area contributed by atoms with Gasteiger partial charge in [-0.15, -0.1) is 0 Å². The minimum atomic E-state index is -0.392. The minimum Gasteiger partial charge on any atom is -0.343 e. The van der Waals surface area contributed by atoms with Crippen LogP contribution in [0.5, 0.6) is 0 Å². The molecule has 0 atom stereocenters. The number of benzene rings is 2. The van der Waals surface area contributed by atoms with Crippen molar-refractivity contribution < 1.29 is 9.18 Å². The molecule has 2 aromatic rings. The Hall–Kier alpha value is -1.58. The standard InChI is InChI=1S/C16H12Cl2FNO/c17-13-6-1-10(9-14(13)18)15(21)20-16(7-8-16)11-2-4-12(19)5-3-11/h1-6,9H,7-8H2,(H,20,21). The average molecular weight is 324 g/mol. The van der Waals surface area contributed by atoms with Gasteiger partial charge in [0.2, 0.25) is 0 Å². The summed E-state index contributed by atoms with van der Waals surface area (Å²) in [7, 11) is 0. The molecule has 0 spiro atoms. The number of rotatable bonds is 3. The van der Waals surface area contributed by atoms with Gasteiger partial charge in [-0.1, -0.05) is 35.3 Å². The maximum atomic E-state index is 13.0. The van der Waals surface area contributed by atoms with Crippen LogP contribution < -0.4 is 5.32 Å². The lowest BCUT2D eigenvalue weighted by Crippen LogP contribution is -2.34. The summed E-state index contributed by atoms with van der Waals surface area (Å²) in [6.07, 6.45) is 1.68. The molecule has 0 radical (unpaired) electrons. The van der Waals surface area contributed by atoms with E-state index in [-0.39, 0.29) is 11.7 Å². The SMILES string of the molecule is O=C(NC1(c2ccc(F)cc2)CC1)c1ccc(Cl)c(Cl)c1. The van der Waals surface area contributed by atoms with E-state index in [2.05, 4.69) is 5.32 Å². The molecule has 0 bridgehead atoms. The highest BCUT2D eigenvalue weighted by Crippen LogP contribution is 2.45. The summed E-state index contributed by atoms with van der Waals surface area (Å²) >= 11 is 11.8. The van der Waals surface area contributed by atoms with Crippen LogP contribution in [0.4, 0.5) is 4.39 Å². The van der Waals surface area contributed by atoms with E-state index in [0.29, 0.717) is 15.6 Å². The lowest BCUT2D eigenvalue weighted by molar-refractivity contribution is 0.0931. The Morgan fingerprint density at radius 2 is 1.71 bits per heavy atom. The molecular weight excluding hydrogens is 312 g/mol. The summed E-state index contributed by atoms with van der Waals surface area (Å²) in [5.41, 5.74) is 0.978. The molecule has 2 nitrogen and oxygen atoms in total. The molecule has 1 fully saturated rings. The second kappa shape index (κ2) is 5.32. The molecule has 108 valence electrons. The van der Waals surface area contributed by atoms with Crippen LogP contribution in [0, 0.1) is 5.82 Å². The highest BCUT2D eigenvalue weighted by atomic mass is 35.5. The normalized spacial score (nSPS) is 15.6. The Labute approximate surface area is 131 Å². The molecule has 1 aliphatic carbocycles. The van der Waals surface area contributed by atoms with Gasteiger partial charge in [-0.2, -0.15) is 0 Å². The van der Waals surface area contributed by atoms with Crippen molar-refractivity contribution in [2.75, 3.05) is 0 Å². The van der Waals surface area contributed by atoms with Crippen LogP contribution >= 0.6 is 23.2 Å². The van der Waals surface area contributed by atoms with Crippen LogP contribution in [-0.4, -0.2) is 5.91 Å². The van der Waals surface area contributed by atoms with Crippen molar-refractivity contribution in [2.45, 2.75) is 18.4 Å². The van der Waals surface area contributed by atoms with E-state index < -0.39 is 5.54 Å². The molecule has 0 heterocycles. The van der Waals surface area contributed by atoms with E-state index >= 15 is 0 Å². The van der Waals surface area contributed by atoms with E-state index in [1.165, 1.54) is 12.1 Å². The first-order valence-corrected chi connectivity index (χ1v) is 7.29. The van der Waals surface area contributed by atoms with Crippen molar-refractivity contribution in [3.05, 3.63) is 69.5 Å². The fraction of sp³-hybridized carbons (Fsp3) is 0.188. The van der Waals surface area contributed by atoms with Gasteiger partial charge in [0.05, 0.1) is 15.6 Å². The lowest BCUT2D eigenvalue weighted by atomic mass is 10.0. The molecule has 0 aromatic heterocycles. The number of halogens is 3. The Balaban J connectivity index is 1.81. The second-order valence-electron chi connectivity index (χ2n) is 5.17. The molecule has 1 saturated carbocycles. The molecule has 0 saturated heterocycles. The van der Waals surface area contributed by atoms with Crippen molar-refractivity contribution in [1.29, 1.82) is 0 Å². The zero-order valence-corrected chi connectivity index (χ0v) is 12.5. The monoisotopic (exact) mass is 323 g/mol. The molecule has 0 unspecified atom stereocenters. The predicted molar refractivity (Wildman–Crippen MR) is 81.2 cm³/mol. The largest absolute Gasteiger partial charge is 0.343 e. The Morgan fingerprint density at radius 1 is 1.05 bits per heavy atom. The van der Waals surface area contributed by atoms with E-state index in [1.54, 1.807) is 30.3 Å². The first-order valence-electron chi connectivity index (χ1n) is 6.54. The smallest absolute Gasteiger partial charge is 0.252 e. The van der Waals surface area contributed by atoms with Gasteiger partial charge in [0, 0.05) is 5.56 Å². The highest BCUT2D eigenvalue weighted by molar-refractivity contribution is 6.42. The summed E-state index contributed by atoms with van der Waals surface area (Å²) in [4.78, 5) is 12.3. The van der Waals surface area contributed by atoms with Crippen molar-refractivity contribution in [3.8, 4) is 0 Å². The summed E-state index contributed by atoms with van der Waals surface area (Å²) in [6, 6.07) is 11.0. The molecule has 2 aromatic carbocycles. The molecule has 1 N–H and O–H groups in total. The first-order chi connectivity index (χ1) is 10.00. The first kappa shape index (κ1) is 14.4. The van der Waals surface area contributed by atoms with Crippen molar-refractivity contribution in [3.63, 3.8) is 0 Å². The van der Waals surface area contributed by atoms with Gasteiger partial charge < -0.3 is 5.32 Å². The quantitative estimate of drug-likeness (QED) is 0.881. The Morgan fingerprint density at radius 3 is 2.29 bits per heavy atom. The minimum absolute atomic E-state index is 0.213. The maximum absolute atomic E-state index is 13.0. The third kappa shape index (κ3) is 2.89. The molecule has 5 heteroatoms. The summed E-state index contributed by atoms with van der Waals surface area (Å²) in [5, 5.41) is 3.76. The van der Waals surface area contributed by atoms with E-state index in [4.69, 9.17) is 23.2 Å². The molecule has 1 aliphatic rings. The lowest BCUT2D eigenvalue weighted by Gasteiger charge is -2.18. The van der Waals surface area contributed by atoms with Gasteiger partial charge in [0.25, 0.3) is 5.91 Å². The topological polar surface area (TPSA) is 29.1 Å². The maximum Gasteiger partial charge on any atom is 0.252 e. The summed E-state index contributed by atoms with van der Waals surface area (Å²) < 4.78 is 13.0. The average Bonchev–Trinajstić information content (AvgIpc) is 3.23. The fourth-order valence-electron chi connectivity index (χ4n) is 2.31. The zero-order valence-electron chi connectivity index (χ0n) is 11.0. The van der Waals surface area contributed by atoms with Gasteiger partial charge in [-0.3, -0.25) is 4.79 Å². The predicted octanol–water partition coefficient (Wildman–Crippen LogP) is 4.55. The van der Waals surface area contributed by atoms with Crippen LogP contribution in [-0.2, 0) is 5.54 Å². The van der Waals surface area contributed by atoms with Gasteiger partial charge in [-0.25, -0.2) is 4.39 Å². The Bertz CT molecular complexity index is 696. The molecule has 21 heavy (non-hydrogen) atoms. The number of hydrogen-bond acceptors (Lipinski definition) is 1. The van der Waals surface area contributed by atoms with Gasteiger partial charge in [0.15, 0.2) is 0 Å². The van der Waals surface area contributed by atoms with Crippen LogP contribution in [0.2, 0.25) is 10.0 Å². The van der Waals surface area contributed by atoms with E-state index in [1.807, 2.05) is 0 Å². The fourth-order valence-corrected chi connectivity index (χ4v) is 2.60. The number of nitrogens with one attached hydrogen (secondary N) is 1. The van der Waals surface area contributed by atoms with Crippen LogP contribution in [0.1, 0.15) is 28.8 Å². The number of amides is 1. The molecule has 3 rings (SSSR count). The number of carbonyl (C=O) groups excluding carboxylic acids is 1. The number of hydrogen-bond donors (Lipinski definition) is 1. The Kier molecular flexibility index (Phi) is 3.64. The van der Waals surface area contributed by atoms with Gasteiger partial charge in [-0.05, 0) is 48.7 Å². The van der Waals surface area contributed by atoms with Crippen LogP contribution in [0.3, 0.4) is 0 Å². The van der Waals surface area contributed by atoms with Crippen molar-refractivity contribution in [1.82, 2.24) is 5.32 Å². The summed E-state index contributed by atoms with van der Waals surface area (Å²) in [5.74, 6) is -0.499. The highest BCUT2D eigenvalue weighted by Gasteiger charge is 2.45. The van der Waals surface area contributed by atoms with Crippen molar-refractivity contribution in [2.24, 2.45) is 0 Å². The van der Waals surface area contributed by atoms with Crippen LogP contribution in [0.15, 0.2) is 42.5 Å².